The monoisotopic (exact) mass is 412 g/mol. The van der Waals surface area contributed by atoms with Crippen molar-refractivity contribution in [1.29, 1.82) is 0 Å². The van der Waals surface area contributed by atoms with Gasteiger partial charge in [0.05, 0.1) is 0 Å². The molecule has 0 radical (unpaired) electrons. The average Bonchev–Trinajstić information content (AvgIpc) is 2.82. The van der Waals surface area contributed by atoms with Gasteiger partial charge in [0, 0.05) is 0 Å². The fourth-order valence-corrected chi connectivity index (χ4v) is 9.06. The fourth-order valence-electron chi connectivity index (χ4n) is 4.25. The van der Waals surface area contributed by atoms with Gasteiger partial charge in [-0.15, -0.1) is 0 Å². The Balaban J connectivity index is 1.81. The van der Waals surface area contributed by atoms with Crippen LogP contribution in [0.3, 0.4) is 0 Å². The zero-order valence-electron chi connectivity index (χ0n) is 16.7. The second kappa shape index (κ2) is 9.07. The van der Waals surface area contributed by atoms with Gasteiger partial charge in [-0.1, -0.05) is 0 Å². The first-order chi connectivity index (χ1) is 14.7. The van der Waals surface area contributed by atoms with E-state index in [0.717, 1.165) is 12.6 Å². The molecule has 0 aliphatic rings. The minimum atomic E-state index is -2.26. The number of hydrogen-bond acceptors (Lipinski definition) is 1. The Morgan fingerprint density at radius 3 is 1.37 bits per heavy atom. The number of hydrogen-bond donors (Lipinski definition) is 1. The van der Waals surface area contributed by atoms with E-state index in [0.29, 0.717) is 5.56 Å². The molecule has 3 heteroatoms. The predicted octanol–water partition coefficient (Wildman–Crippen LogP) is 4.65. The second-order valence-corrected chi connectivity index (χ2v) is 11.5. The molecule has 0 aliphatic carbocycles. The Bertz CT molecular complexity index is 995. The number of benzene rings is 4. The number of carboxylic acid groups (broad SMARTS) is 1. The van der Waals surface area contributed by atoms with E-state index in [4.69, 9.17) is 0 Å². The van der Waals surface area contributed by atoms with Gasteiger partial charge in [0.2, 0.25) is 0 Å². The third-order valence-electron chi connectivity index (χ3n) is 5.79. The Morgan fingerprint density at radius 2 is 1.00 bits per heavy atom. The maximum absolute atomic E-state index is 11.2. The van der Waals surface area contributed by atoms with Gasteiger partial charge in [-0.2, -0.15) is 0 Å². The third-order valence-corrected chi connectivity index (χ3v) is 10.7. The quantitative estimate of drug-likeness (QED) is 0.449. The molecule has 0 saturated heterocycles. The molecule has 0 heterocycles. The number of aryl methyl sites for hydroxylation is 1. The Morgan fingerprint density at radius 1 is 0.600 bits per heavy atom. The zero-order chi connectivity index (χ0) is 20.8. The summed E-state index contributed by atoms with van der Waals surface area (Å²) >= 11 is 0. The van der Waals surface area contributed by atoms with Crippen LogP contribution in [-0.4, -0.2) is 17.2 Å². The number of rotatable bonds is 7. The molecule has 0 aromatic heterocycles. The number of carboxylic acids is 1. The maximum atomic E-state index is 11.2. The summed E-state index contributed by atoms with van der Waals surface area (Å²) in [6, 6.07) is 39.9. The van der Waals surface area contributed by atoms with Gasteiger partial charge in [-0.3, -0.25) is 0 Å². The van der Waals surface area contributed by atoms with Crippen LogP contribution in [0.5, 0.6) is 0 Å². The van der Waals surface area contributed by atoms with Crippen LogP contribution in [-0.2, 0) is 6.42 Å². The molecule has 0 unspecified atom stereocenters. The second-order valence-electron chi connectivity index (χ2n) is 7.51. The van der Waals surface area contributed by atoms with Gasteiger partial charge < -0.3 is 0 Å². The summed E-state index contributed by atoms with van der Waals surface area (Å²) in [5.74, 6) is -0.886. The molecule has 0 atom stereocenters. The first-order valence-corrected chi connectivity index (χ1v) is 12.4. The average molecular weight is 412 g/mol. The Hall–Kier alpha value is -3.22. The van der Waals surface area contributed by atoms with E-state index in [9.17, 15) is 9.90 Å². The molecule has 0 fully saturated rings. The van der Waals surface area contributed by atoms with E-state index in [2.05, 4.69) is 91.0 Å². The summed E-state index contributed by atoms with van der Waals surface area (Å²) in [6.45, 7) is 0. The van der Waals surface area contributed by atoms with Crippen molar-refractivity contribution >= 4 is 29.1 Å². The van der Waals surface area contributed by atoms with Gasteiger partial charge >= 0.3 is 178 Å². The van der Waals surface area contributed by atoms with Gasteiger partial charge in [-0.05, 0) is 0 Å². The van der Waals surface area contributed by atoms with E-state index in [1.807, 2.05) is 12.1 Å². The summed E-state index contributed by atoms with van der Waals surface area (Å²) in [5, 5.41) is 13.4. The van der Waals surface area contributed by atoms with E-state index >= 15 is 0 Å². The minimum absolute atomic E-state index is 0.330. The molecular formula is C27H25O2P. The molecule has 4 aromatic carbocycles. The zero-order valence-corrected chi connectivity index (χ0v) is 17.7. The number of aromatic carboxylic acids is 1. The van der Waals surface area contributed by atoms with Crippen molar-refractivity contribution in [1.82, 2.24) is 0 Å². The van der Waals surface area contributed by atoms with Crippen LogP contribution in [0.25, 0.3) is 0 Å². The van der Waals surface area contributed by atoms with Crippen molar-refractivity contribution in [3.8, 4) is 0 Å². The van der Waals surface area contributed by atoms with Gasteiger partial charge in [-0.25, -0.2) is 0 Å². The van der Waals surface area contributed by atoms with Crippen molar-refractivity contribution in [2.75, 3.05) is 6.16 Å². The molecule has 0 bridgehead atoms. The normalized spacial score (nSPS) is 11.7. The summed E-state index contributed by atoms with van der Waals surface area (Å²) in [5.41, 5.74) is 1.50. The van der Waals surface area contributed by atoms with Crippen LogP contribution in [0.15, 0.2) is 115 Å². The third kappa shape index (κ3) is 4.06. The van der Waals surface area contributed by atoms with Crippen LogP contribution in [0.1, 0.15) is 15.9 Å². The first kappa shape index (κ1) is 20.1. The molecule has 0 spiro atoms. The molecule has 0 saturated carbocycles. The molecule has 30 heavy (non-hydrogen) atoms. The topological polar surface area (TPSA) is 37.3 Å². The van der Waals surface area contributed by atoms with Crippen molar-refractivity contribution in [2.24, 2.45) is 0 Å². The molecule has 1 N–H and O–H groups in total. The van der Waals surface area contributed by atoms with Crippen LogP contribution < -0.4 is 15.9 Å². The summed E-state index contributed by atoms with van der Waals surface area (Å²) in [7, 11) is -2.26. The summed E-state index contributed by atoms with van der Waals surface area (Å²) in [4.78, 5) is 11.2. The van der Waals surface area contributed by atoms with Crippen molar-refractivity contribution in [3.63, 3.8) is 0 Å². The first-order valence-electron chi connectivity index (χ1n) is 10.2. The summed E-state index contributed by atoms with van der Waals surface area (Å²) in [6.07, 6.45) is 1.91. The van der Waals surface area contributed by atoms with Crippen LogP contribution in [0.4, 0.5) is 0 Å². The molecule has 150 valence electrons. The summed E-state index contributed by atoms with van der Waals surface area (Å²) < 4.78 is 0. The molecule has 4 rings (SSSR count). The molecule has 0 amide bonds. The van der Waals surface area contributed by atoms with Gasteiger partial charge in [0.1, 0.15) is 0 Å². The Kier molecular flexibility index (Phi) is 6.07. The molecule has 2 nitrogen and oxygen atoms in total. The molecule has 4 aromatic rings. The van der Waals surface area contributed by atoms with Crippen molar-refractivity contribution in [3.05, 3.63) is 126 Å². The van der Waals surface area contributed by atoms with Gasteiger partial charge in [0.15, 0.2) is 0 Å². The van der Waals surface area contributed by atoms with E-state index in [1.165, 1.54) is 21.5 Å². The van der Waals surface area contributed by atoms with E-state index in [1.54, 1.807) is 12.1 Å². The van der Waals surface area contributed by atoms with Crippen LogP contribution >= 0.6 is 7.26 Å². The SMILES string of the molecule is O=C(O)c1ccc(CC[PH](c2ccccc2)(c2ccccc2)c2ccccc2)cc1. The fraction of sp³-hybridized carbons (Fsp3) is 0.0741. The molecular weight excluding hydrogens is 387 g/mol. The Labute approximate surface area is 178 Å². The van der Waals surface area contributed by atoms with Crippen molar-refractivity contribution in [2.45, 2.75) is 6.42 Å². The van der Waals surface area contributed by atoms with E-state index < -0.39 is 13.2 Å². The van der Waals surface area contributed by atoms with Gasteiger partial charge in [0.25, 0.3) is 0 Å². The number of carbonyl (C=O) groups is 1. The molecule has 0 aliphatic heterocycles. The predicted molar refractivity (Wildman–Crippen MR) is 129 cm³/mol. The van der Waals surface area contributed by atoms with Crippen LogP contribution in [0, 0.1) is 0 Å². The van der Waals surface area contributed by atoms with Crippen LogP contribution in [0.2, 0.25) is 0 Å². The van der Waals surface area contributed by atoms with E-state index in [-0.39, 0.29) is 0 Å². The standard InChI is InChI=1S/C27H25O2P/c28-27(29)23-18-16-22(17-19-23)20-21-30(24-10-4-1-5-11-24,25-12-6-2-7-13-25)26-14-8-3-9-15-26/h1-19,30H,20-21H2,(H,28,29). The van der Waals surface area contributed by atoms with Crippen molar-refractivity contribution < 1.29 is 9.90 Å².